The Kier molecular flexibility index (Phi) is 4.00. The zero-order chi connectivity index (χ0) is 14.9. The first kappa shape index (κ1) is 14.5. The van der Waals surface area contributed by atoms with E-state index >= 15 is 0 Å². The van der Waals surface area contributed by atoms with Crippen LogP contribution >= 0.6 is 0 Å². The van der Waals surface area contributed by atoms with Crippen LogP contribution < -0.4 is 5.32 Å². The van der Waals surface area contributed by atoms with Gasteiger partial charge in [-0.2, -0.15) is 5.10 Å². The van der Waals surface area contributed by atoms with Gasteiger partial charge in [0.05, 0.1) is 11.2 Å². The largest absolute Gasteiger partial charge is 0.319 e. The molecule has 0 aliphatic carbocycles. The van der Waals surface area contributed by atoms with Gasteiger partial charge in [0.2, 0.25) is 0 Å². The normalized spacial score (nSPS) is 23.2. The Labute approximate surface area is 127 Å². The zero-order valence-electron chi connectivity index (χ0n) is 13.4. The molecule has 1 aliphatic heterocycles. The van der Waals surface area contributed by atoms with E-state index in [1.165, 1.54) is 29.6 Å². The molecule has 1 N–H and O–H groups in total. The van der Waals surface area contributed by atoms with Crippen LogP contribution in [-0.2, 0) is 13.1 Å². The van der Waals surface area contributed by atoms with Crippen molar-refractivity contribution in [3.63, 3.8) is 0 Å². The summed E-state index contributed by atoms with van der Waals surface area (Å²) in [6.45, 7) is 9.85. The number of hydrogen-bond donors (Lipinski definition) is 1. The van der Waals surface area contributed by atoms with E-state index < -0.39 is 0 Å². The lowest BCUT2D eigenvalue weighted by molar-refractivity contribution is 0.263. The molecule has 0 spiro atoms. The first-order chi connectivity index (χ1) is 10.1. The maximum absolute atomic E-state index is 4.82. The third-order valence-corrected chi connectivity index (χ3v) is 4.65. The lowest BCUT2D eigenvalue weighted by Crippen LogP contribution is -2.33. The molecular formula is C17H26N4. The van der Waals surface area contributed by atoms with Crippen LogP contribution in [-0.4, -0.2) is 41.4 Å². The monoisotopic (exact) mass is 286 g/mol. The van der Waals surface area contributed by atoms with Gasteiger partial charge in [-0.1, -0.05) is 25.1 Å². The number of nitrogens with zero attached hydrogens (tertiary/aromatic N) is 3. The second-order valence-corrected chi connectivity index (χ2v) is 6.58. The lowest BCUT2D eigenvalue weighted by Gasteiger charge is -2.24. The Morgan fingerprint density at radius 3 is 2.90 bits per heavy atom. The third kappa shape index (κ3) is 2.83. The lowest BCUT2D eigenvalue weighted by atomic mass is 9.90. The number of nitrogens with one attached hydrogen (secondary N) is 1. The van der Waals surface area contributed by atoms with Gasteiger partial charge >= 0.3 is 0 Å². The highest BCUT2D eigenvalue weighted by molar-refractivity contribution is 5.81. The Morgan fingerprint density at radius 2 is 2.14 bits per heavy atom. The summed E-state index contributed by atoms with van der Waals surface area (Å²) in [5.41, 5.74) is 2.88. The summed E-state index contributed by atoms with van der Waals surface area (Å²) in [4.78, 5) is 2.55. The molecule has 1 atom stereocenters. The quantitative estimate of drug-likeness (QED) is 0.916. The van der Waals surface area contributed by atoms with Crippen LogP contribution in [0.5, 0.6) is 0 Å². The predicted molar refractivity (Wildman–Crippen MR) is 87.3 cm³/mol. The Morgan fingerprint density at radius 1 is 1.33 bits per heavy atom. The van der Waals surface area contributed by atoms with E-state index in [4.69, 9.17) is 5.10 Å². The van der Waals surface area contributed by atoms with Gasteiger partial charge in [0.15, 0.2) is 0 Å². The highest BCUT2D eigenvalue weighted by atomic mass is 15.3. The highest BCUT2D eigenvalue weighted by Crippen LogP contribution is 2.31. The molecule has 4 heteroatoms. The van der Waals surface area contributed by atoms with E-state index in [1.54, 1.807) is 0 Å². The standard InChI is InChI=1S/C17H26N4/c1-4-21-16-8-6-5-7-14(16)15(19-21)11-20-10-9-17(2,13-20)12-18-3/h5-8,18H,4,9-13H2,1-3H3. The van der Waals surface area contributed by atoms with Crippen LogP contribution in [0.4, 0.5) is 0 Å². The summed E-state index contributed by atoms with van der Waals surface area (Å²) in [6, 6.07) is 8.58. The number of fused-ring (bicyclic) bond motifs is 1. The van der Waals surface area contributed by atoms with Gasteiger partial charge in [0, 0.05) is 31.6 Å². The molecule has 2 heterocycles. The number of aryl methyl sites for hydroxylation is 1. The number of rotatable bonds is 5. The van der Waals surface area contributed by atoms with E-state index in [-0.39, 0.29) is 0 Å². The average molecular weight is 286 g/mol. The highest BCUT2D eigenvalue weighted by Gasteiger charge is 2.33. The summed E-state index contributed by atoms with van der Waals surface area (Å²) in [5, 5.41) is 9.46. The molecule has 1 saturated heterocycles. The molecule has 21 heavy (non-hydrogen) atoms. The number of para-hydroxylation sites is 1. The molecule has 1 aromatic heterocycles. The van der Waals surface area contributed by atoms with E-state index in [0.717, 1.165) is 26.2 Å². The van der Waals surface area contributed by atoms with E-state index in [1.807, 2.05) is 7.05 Å². The van der Waals surface area contributed by atoms with E-state index in [9.17, 15) is 0 Å². The van der Waals surface area contributed by atoms with Crippen LogP contribution in [0.3, 0.4) is 0 Å². The first-order valence-electron chi connectivity index (χ1n) is 7.96. The molecule has 0 amide bonds. The van der Waals surface area contributed by atoms with Crippen LogP contribution in [0.2, 0.25) is 0 Å². The van der Waals surface area contributed by atoms with E-state index in [2.05, 4.69) is 53.0 Å². The molecule has 1 aliphatic rings. The Bertz CT molecular complexity index is 618. The van der Waals surface area contributed by atoms with Crippen molar-refractivity contribution in [1.82, 2.24) is 20.0 Å². The van der Waals surface area contributed by atoms with Crippen molar-refractivity contribution < 1.29 is 0 Å². The van der Waals surface area contributed by atoms with E-state index in [0.29, 0.717) is 5.41 Å². The number of benzene rings is 1. The molecule has 2 aromatic rings. The minimum atomic E-state index is 0.401. The van der Waals surface area contributed by atoms with Crippen LogP contribution in [0.15, 0.2) is 24.3 Å². The Balaban J connectivity index is 1.80. The van der Waals surface area contributed by atoms with Crippen LogP contribution in [0, 0.1) is 5.41 Å². The number of aromatic nitrogens is 2. The van der Waals surface area contributed by atoms with Gasteiger partial charge in [-0.05, 0) is 38.4 Å². The number of hydrogen-bond acceptors (Lipinski definition) is 3. The minimum absolute atomic E-state index is 0.401. The van der Waals surface area contributed by atoms with Crippen molar-refractivity contribution in [2.45, 2.75) is 33.4 Å². The molecule has 1 fully saturated rings. The summed E-state index contributed by atoms with van der Waals surface area (Å²) in [7, 11) is 2.05. The smallest absolute Gasteiger partial charge is 0.0843 e. The van der Waals surface area contributed by atoms with Gasteiger partial charge in [-0.15, -0.1) is 0 Å². The summed E-state index contributed by atoms with van der Waals surface area (Å²) in [6.07, 6.45) is 1.26. The summed E-state index contributed by atoms with van der Waals surface area (Å²) >= 11 is 0. The molecule has 114 valence electrons. The zero-order valence-corrected chi connectivity index (χ0v) is 13.4. The van der Waals surface area contributed by atoms with Gasteiger partial charge in [0.1, 0.15) is 0 Å². The van der Waals surface area contributed by atoms with Crippen molar-refractivity contribution in [1.29, 1.82) is 0 Å². The molecule has 3 rings (SSSR count). The molecule has 1 aromatic carbocycles. The van der Waals surface area contributed by atoms with Gasteiger partial charge in [-0.25, -0.2) is 0 Å². The van der Waals surface area contributed by atoms with Crippen molar-refractivity contribution in [3.05, 3.63) is 30.0 Å². The molecule has 4 nitrogen and oxygen atoms in total. The van der Waals surface area contributed by atoms with Crippen LogP contribution in [0.25, 0.3) is 10.9 Å². The van der Waals surface area contributed by atoms with Crippen molar-refractivity contribution >= 4 is 10.9 Å². The van der Waals surface area contributed by atoms with Crippen molar-refractivity contribution in [2.24, 2.45) is 5.41 Å². The summed E-state index contributed by atoms with van der Waals surface area (Å²) < 4.78 is 2.12. The predicted octanol–water partition coefficient (Wildman–Crippen LogP) is 2.49. The second-order valence-electron chi connectivity index (χ2n) is 6.58. The fourth-order valence-corrected chi connectivity index (χ4v) is 3.60. The minimum Gasteiger partial charge on any atom is -0.319 e. The van der Waals surface area contributed by atoms with Crippen molar-refractivity contribution in [2.75, 3.05) is 26.7 Å². The SMILES string of the molecule is CCn1nc(CN2CCC(C)(CNC)C2)c2ccccc21. The second kappa shape index (κ2) is 5.78. The summed E-state index contributed by atoms with van der Waals surface area (Å²) in [5.74, 6) is 0. The topological polar surface area (TPSA) is 33.1 Å². The Hall–Kier alpha value is -1.39. The molecule has 0 saturated carbocycles. The third-order valence-electron chi connectivity index (χ3n) is 4.65. The molecule has 0 bridgehead atoms. The van der Waals surface area contributed by atoms with Gasteiger partial charge in [-0.3, -0.25) is 9.58 Å². The van der Waals surface area contributed by atoms with Crippen LogP contribution in [0.1, 0.15) is 26.0 Å². The fraction of sp³-hybridized carbons (Fsp3) is 0.588. The van der Waals surface area contributed by atoms with Crippen molar-refractivity contribution in [3.8, 4) is 0 Å². The number of likely N-dealkylation sites (tertiary alicyclic amines) is 1. The molecule has 0 radical (unpaired) electrons. The maximum atomic E-state index is 4.82. The molecule has 1 unspecified atom stereocenters. The first-order valence-corrected chi connectivity index (χ1v) is 7.96. The van der Waals surface area contributed by atoms with Gasteiger partial charge in [0.25, 0.3) is 0 Å². The average Bonchev–Trinajstić information content (AvgIpc) is 3.02. The fourth-order valence-electron chi connectivity index (χ4n) is 3.60. The molecular weight excluding hydrogens is 260 g/mol. The van der Waals surface area contributed by atoms with Gasteiger partial charge < -0.3 is 5.32 Å². The maximum Gasteiger partial charge on any atom is 0.0843 e.